The zero-order valence-corrected chi connectivity index (χ0v) is 19.7. The molecular weight excluding hydrogens is 395 g/mol. The van der Waals surface area contributed by atoms with Gasteiger partial charge in [0.2, 0.25) is 0 Å². The summed E-state index contributed by atoms with van der Waals surface area (Å²) < 4.78 is 15.1. The van der Waals surface area contributed by atoms with E-state index in [2.05, 4.69) is 18.8 Å². The smallest absolute Gasteiger partial charge is 0.152 e. The van der Waals surface area contributed by atoms with E-state index in [1.54, 1.807) is 0 Å². The molecule has 0 aliphatic carbocycles. The first kappa shape index (κ1) is 22.6. The Kier molecular flexibility index (Phi) is 7.41. The number of aryl methyl sites for hydroxylation is 1. The second kappa shape index (κ2) is 9.82. The first-order valence-electron chi connectivity index (χ1n) is 11.3. The molecule has 2 N–H and O–H groups in total. The number of benzene rings is 1. The van der Waals surface area contributed by atoms with Gasteiger partial charge in [-0.15, -0.1) is 0 Å². The summed E-state index contributed by atoms with van der Waals surface area (Å²) in [6.45, 7) is 8.96. The number of rotatable bonds is 11. The highest BCUT2D eigenvalue weighted by Gasteiger charge is 2.23. The van der Waals surface area contributed by atoms with Crippen molar-refractivity contribution in [1.82, 2.24) is 14.7 Å². The van der Waals surface area contributed by atoms with Crippen LogP contribution < -0.4 is 15.9 Å². The Morgan fingerprint density at radius 2 is 1.77 bits per heavy atom. The second-order valence-corrected chi connectivity index (χ2v) is 11.4. The fourth-order valence-electron chi connectivity index (χ4n) is 3.85. The summed E-state index contributed by atoms with van der Waals surface area (Å²) in [5.41, 5.74) is 8.63. The molecule has 7 heteroatoms. The minimum absolute atomic E-state index is 0.395. The molecule has 0 saturated carbocycles. The molecule has 164 valence electrons. The van der Waals surface area contributed by atoms with Crippen molar-refractivity contribution in [2.24, 2.45) is 0 Å². The third kappa shape index (κ3) is 4.34. The summed E-state index contributed by atoms with van der Waals surface area (Å²) >= 11 is 0. The summed E-state index contributed by atoms with van der Waals surface area (Å²) in [6.07, 6.45) is 7.52. The topological polar surface area (TPSA) is 83.0 Å². The Labute approximate surface area is 179 Å². The number of fused-ring (bicyclic) bond motifs is 3. The maximum absolute atomic E-state index is 13.2. The van der Waals surface area contributed by atoms with E-state index in [1.807, 2.05) is 36.8 Å². The van der Waals surface area contributed by atoms with Gasteiger partial charge >= 0.3 is 0 Å². The first-order valence-corrected chi connectivity index (χ1v) is 13.4. The highest BCUT2D eigenvalue weighted by Crippen LogP contribution is 2.44. The second-order valence-electron chi connectivity index (χ2n) is 7.88. The van der Waals surface area contributed by atoms with E-state index in [0.717, 1.165) is 66.1 Å². The van der Waals surface area contributed by atoms with Crippen LogP contribution in [0.15, 0.2) is 18.2 Å². The molecule has 0 bridgehead atoms. The predicted octanol–water partition coefficient (Wildman–Crippen LogP) is 5.16. The van der Waals surface area contributed by atoms with E-state index in [4.69, 9.17) is 15.6 Å². The SMILES string of the molecule is CCCCCOn1c(CCCC)nc2c(N)nc3cc(P(=O)(CC)CC)ccc3c21. The van der Waals surface area contributed by atoms with E-state index >= 15 is 0 Å². The molecule has 6 nitrogen and oxygen atoms in total. The Bertz CT molecular complexity index is 1050. The van der Waals surface area contributed by atoms with Crippen molar-refractivity contribution in [2.45, 2.75) is 66.2 Å². The van der Waals surface area contributed by atoms with E-state index in [-0.39, 0.29) is 0 Å². The van der Waals surface area contributed by atoms with Crippen molar-refractivity contribution in [1.29, 1.82) is 0 Å². The van der Waals surface area contributed by atoms with Gasteiger partial charge in [-0.25, -0.2) is 9.97 Å². The standard InChI is InChI=1S/C23H35N4O2P/c1-5-9-11-15-29-27-20(12-10-6-2)26-21-22(27)18-14-13-17(30(28,7-3)8-4)16-19(18)25-23(21)24/h13-14,16H,5-12,15H2,1-4H3,(H2,24,25). The van der Waals surface area contributed by atoms with Crippen LogP contribution in [0, 0.1) is 0 Å². The molecule has 0 amide bonds. The van der Waals surface area contributed by atoms with Crippen LogP contribution in [-0.4, -0.2) is 33.6 Å². The Hall–Kier alpha value is -2.07. The van der Waals surface area contributed by atoms with Gasteiger partial charge in [-0.05, 0) is 25.0 Å². The van der Waals surface area contributed by atoms with E-state index in [9.17, 15) is 4.57 Å². The normalized spacial score (nSPS) is 12.1. The molecule has 0 saturated heterocycles. The Balaban J connectivity index is 2.17. The minimum atomic E-state index is -2.39. The Morgan fingerprint density at radius 3 is 2.43 bits per heavy atom. The number of aromatic nitrogens is 3. The number of pyridine rings is 1. The number of nitrogen functional groups attached to an aromatic ring is 1. The molecule has 0 atom stereocenters. The molecule has 2 heterocycles. The fraction of sp³-hybridized carbons (Fsp3) is 0.565. The molecule has 0 radical (unpaired) electrons. The van der Waals surface area contributed by atoms with Crippen molar-refractivity contribution in [3.63, 3.8) is 0 Å². The van der Waals surface area contributed by atoms with Gasteiger partial charge in [-0.2, -0.15) is 4.73 Å². The molecule has 0 aliphatic heterocycles. The van der Waals surface area contributed by atoms with Gasteiger partial charge < -0.3 is 15.1 Å². The molecular formula is C23H35N4O2P. The molecule has 3 rings (SSSR count). The average molecular weight is 431 g/mol. The van der Waals surface area contributed by atoms with E-state index in [0.29, 0.717) is 30.3 Å². The summed E-state index contributed by atoms with van der Waals surface area (Å²) in [5, 5.41) is 1.81. The van der Waals surface area contributed by atoms with Gasteiger partial charge in [-0.3, -0.25) is 0 Å². The molecule has 2 aromatic heterocycles. The minimum Gasteiger partial charge on any atom is -0.412 e. The summed E-state index contributed by atoms with van der Waals surface area (Å²) in [7, 11) is -2.39. The summed E-state index contributed by atoms with van der Waals surface area (Å²) in [6, 6.07) is 5.93. The Morgan fingerprint density at radius 1 is 1.03 bits per heavy atom. The molecule has 0 fully saturated rings. The predicted molar refractivity (Wildman–Crippen MR) is 127 cm³/mol. The van der Waals surface area contributed by atoms with Crippen molar-refractivity contribution in [3.8, 4) is 0 Å². The number of imidazole rings is 1. The lowest BCUT2D eigenvalue weighted by atomic mass is 10.2. The monoisotopic (exact) mass is 430 g/mol. The van der Waals surface area contributed by atoms with E-state index in [1.165, 1.54) is 0 Å². The number of anilines is 1. The van der Waals surface area contributed by atoms with Crippen LogP contribution in [-0.2, 0) is 11.0 Å². The zero-order chi connectivity index (χ0) is 21.7. The van der Waals surface area contributed by atoms with Crippen LogP contribution in [0.3, 0.4) is 0 Å². The molecule has 30 heavy (non-hydrogen) atoms. The number of nitrogens with zero attached hydrogens (tertiary/aromatic N) is 3. The number of unbranched alkanes of at least 4 members (excludes halogenated alkanes) is 3. The molecule has 0 spiro atoms. The third-order valence-electron chi connectivity index (χ3n) is 5.84. The average Bonchev–Trinajstić information content (AvgIpc) is 3.13. The van der Waals surface area contributed by atoms with Crippen molar-refractivity contribution < 1.29 is 9.40 Å². The highest BCUT2D eigenvalue weighted by molar-refractivity contribution is 7.71. The zero-order valence-electron chi connectivity index (χ0n) is 18.8. The largest absolute Gasteiger partial charge is 0.412 e. The van der Waals surface area contributed by atoms with Gasteiger partial charge in [0.15, 0.2) is 5.82 Å². The van der Waals surface area contributed by atoms with Gasteiger partial charge in [0, 0.05) is 29.4 Å². The lowest BCUT2D eigenvalue weighted by Gasteiger charge is -2.16. The third-order valence-corrected chi connectivity index (χ3v) is 9.10. The van der Waals surface area contributed by atoms with Crippen LogP contribution >= 0.6 is 7.14 Å². The molecule has 1 aromatic carbocycles. The summed E-state index contributed by atoms with van der Waals surface area (Å²) in [5.74, 6) is 1.28. The number of hydrogen-bond acceptors (Lipinski definition) is 5. The van der Waals surface area contributed by atoms with Gasteiger partial charge in [-0.1, -0.05) is 53.0 Å². The maximum atomic E-state index is 13.2. The first-order chi connectivity index (χ1) is 14.5. The number of hydrogen-bond donors (Lipinski definition) is 1. The van der Waals surface area contributed by atoms with E-state index < -0.39 is 7.14 Å². The van der Waals surface area contributed by atoms with Crippen LogP contribution in [0.25, 0.3) is 21.9 Å². The molecule has 0 unspecified atom stereocenters. The van der Waals surface area contributed by atoms with Crippen molar-refractivity contribution >= 4 is 40.2 Å². The van der Waals surface area contributed by atoms with Gasteiger partial charge in [0.05, 0.1) is 5.52 Å². The summed E-state index contributed by atoms with van der Waals surface area (Å²) in [4.78, 5) is 15.6. The van der Waals surface area contributed by atoms with Gasteiger partial charge in [0.1, 0.15) is 30.6 Å². The van der Waals surface area contributed by atoms with Crippen LogP contribution in [0.1, 0.15) is 65.6 Å². The lowest BCUT2D eigenvalue weighted by molar-refractivity contribution is 0.109. The van der Waals surface area contributed by atoms with Crippen molar-refractivity contribution in [2.75, 3.05) is 24.7 Å². The van der Waals surface area contributed by atoms with Crippen LogP contribution in [0.2, 0.25) is 0 Å². The van der Waals surface area contributed by atoms with Crippen molar-refractivity contribution in [3.05, 3.63) is 24.0 Å². The number of nitrogens with two attached hydrogens (primary N) is 1. The van der Waals surface area contributed by atoms with Crippen LogP contribution in [0.4, 0.5) is 5.82 Å². The molecule has 0 aliphatic rings. The fourth-order valence-corrected chi connectivity index (χ4v) is 5.73. The molecule has 3 aromatic rings. The quantitative estimate of drug-likeness (QED) is 0.336. The lowest BCUT2D eigenvalue weighted by Crippen LogP contribution is -2.16. The van der Waals surface area contributed by atoms with Crippen LogP contribution in [0.5, 0.6) is 0 Å². The highest BCUT2D eigenvalue weighted by atomic mass is 31.2. The maximum Gasteiger partial charge on any atom is 0.152 e. The van der Waals surface area contributed by atoms with Gasteiger partial charge in [0.25, 0.3) is 0 Å².